The molecule has 0 radical (unpaired) electrons. The summed E-state index contributed by atoms with van der Waals surface area (Å²) in [6.07, 6.45) is 1.54. The molecule has 0 amide bonds. The van der Waals surface area contributed by atoms with E-state index in [-0.39, 0.29) is 10.8 Å². The normalized spacial score (nSPS) is 10.1. The molecule has 0 fully saturated rings. The van der Waals surface area contributed by atoms with Crippen molar-refractivity contribution in [3.8, 4) is 11.5 Å². The van der Waals surface area contributed by atoms with Crippen molar-refractivity contribution in [3.63, 3.8) is 0 Å². The number of thiocarbonyl (C=S) groups is 1. The number of nitrogens with two attached hydrogens (primary N) is 1. The van der Waals surface area contributed by atoms with E-state index in [0.717, 1.165) is 5.56 Å². The quantitative estimate of drug-likeness (QED) is 0.864. The number of hydrogen-bond acceptors (Lipinski definition) is 3. The zero-order valence-corrected chi connectivity index (χ0v) is 10.5. The van der Waals surface area contributed by atoms with Gasteiger partial charge in [0.2, 0.25) is 0 Å². The predicted molar refractivity (Wildman–Crippen MR) is 71.3 cm³/mol. The van der Waals surface area contributed by atoms with Crippen molar-refractivity contribution in [1.82, 2.24) is 4.98 Å². The largest absolute Gasteiger partial charge is 0.457 e. The molecule has 0 unspecified atom stereocenters. The number of aryl methyl sites for hydroxylation is 1. The van der Waals surface area contributed by atoms with Crippen LogP contribution < -0.4 is 10.5 Å². The Hall–Kier alpha value is -2.01. The third-order valence-corrected chi connectivity index (χ3v) is 2.57. The topological polar surface area (TPSA) is 48.1 Å². The second-order valence-electron chi connectivity index (χ2n) is 3.75. The second-order valence-corrected chi connectivity index (χ2v) is 4.19. The molecular weight excluding hydrogens is 251 g/mol. The summed E-state index contributed by atoms with van der Waals surface area (Å²) >= 11 is 4.83. The molecule has 0 aliphatic heterocycles. The van der Waals surface area contributed by atoms with E-state index in [2.05, 4.69) is 4.98 Å². The van der Waals surface area contributed by atoms with Gasteiger partial charge in [0.25, 0.3) is 0 Å². The third-order valence-electron chi connectivity index (χ3n) is 2.36. The van der Waals surface area contributed by atoms with Crippen LogP contribution in [0.3, 0.4) is 0 Å². The number of benzene rings is 1. The molecule has 2 aromatic rings. The van der Waals surface area contributed by atoms with Gasteiger partial charge < -0.3 is 10.5 Å². The van der Waals surface area contributed by atoms with Crippen LogP contribution in [-0.4, -0.2) is 9.97 Å². The van der Waals surface area contributed by atoms with Gasteiger partial charge in [-0.1, -0.05) is 18.3 Å². The first-order valence-electron chi connectivity index (χ1n) is 5.26. The number of rotatable bonds is 3. The van der Waals surface area contributed by atoms with Crippen LogP contribution in [0.2, 0.25) is 0 Å². The lowest BCUT2D eigenvalue weighted by Crippen LogP contribution is -2.11. The number of pyridine rings is 1. The third kappa shape index (κ3) is 2.81. The lowest BCUT2D eigenvalue weighted by atomic mass is 10.2. The van der Waals surface area contributed by atoms with E-state index >= 15 is 0 Å². The highest BCUT2D eigenvalue weighted by molar-refractivity contribution is 7.80. The molecule has 0 aliphatic carbocycles. The number of aromatic nitrogens is 1. The first-order valence-corrected chi connectivity index (χ1v) is 5.67. The number of ether oxygens (including phenoxy) is 1. The molecule has 2 rings (SSSR count). The molecule has 0 aliphatic rings. The molecule has 1 heterocycles. The van der Waals surface area contributed by atoms with Gasteiger partial charge in [0.1, 0.15) is 28.0 Å². The Kier molecular flexibility index (Phi) is 3.53. The zero-order valence-electron chi connectivity index (χ0n) is 9.68. The van der Waals surface area contributed by atoms with Crippen LogP contribution in [0.15, 0.2) is 36.5 Å². The van der Waals surface area contributed by atoms with Gasteiger partial charge in [0, 0.05) is 18.3 Å². The molecule has 1 aromatic carbocycles. The summed E-state index contributed by atoms with van der Waals surface area (Å²) < 4.78 is 18.7. The summed E-state index contributed by atoms with van der Waals surface area (Å²) in [6.45, 7) is 1.84. The van der Waals surface area contributed by atoms with Gasteiger partial charge in [-0.25, -0.2) is 4.39 Å². The monoisotopic (exact) mass is 262 g/mol. The van der Waals surface area contributed by atoms with Crippen LogP contribution in [0.1, 0.15) is 11.3 Å². The van der Waals surface area contributed by atoms with Crippen LogP contribution in [0.5, 0.6) is 11.5 Å². The van der Waals surface area contributed by atoms with E-state index < -0.39 is 0 Å². The summed E-state index contributed by atoms with van der Waals surface area (Å²) in [4.78, 5) is 4.19. The summed E-state index contributed by atoms with van der Waals surface area (Å²) in [5.74, 6) is 0.621. The van der Waals surface area contributed by atoms with Crippen LogP contribution >= 0.6 is 12.2 Å². The maximum absolute atomic E-state index is 13.1. The van der Waals surface area contributed by atoms with Crippen molar-refractivity contribution in [2.45, 2.75) is 6.92 Å². The average molecular weight is 262 g/mol. The standard InChI is InChI=1S/C13H11FN2OS/c1-8-2-3-9(14)6-12(8)17-10-4-5-16-11(7-10)13(15)18/h2-7H,1H3,(H2,15,18). The maximum atomic E-state index is 13.1. The molecule has 18 heavy (non-hydrogen) atoms. The van der Waals surface area contributed by atoms with E-state index in [1.807, 2.05) is 6.92 Å². The van der Waals surface area contributed by atoms with Gasteiger partial charge in [-0.2, -0.15) is 0 Å². The smallest absolute Gasteiger partial charge is 0.133 e. The zero-order chi connectivity index (χ0) is 13.1. The van der Waals surface area contributed by atoms with E-state index in [0.29, 0.717) is 17.2 Å². The SMILES string of the molecule is Cc1ccc(F)cc1Oc1ccnc(C(N)=S)c1. The molecule has 92 valence electrons. The van der Waals surface area contributed by atoms with Gasteiger partial charge in [-0.15, -0.1) is 0 Å². The summed E-state index contributed by atoms with van der Waals surface area (Å²) in [6, 6.07) is 7.64. The van der Waals surface area contributed by atoms with E-state index in [9.17, 15) is 4.39 Å². The van der Waals surface area contributed by atoms with E-state index in [1.54, 1.807) is 24.4 Å². The molecule has 0 atom stereocenters. The fraction of sp³-hybridized carbons (Fsp3) is 0.0769. The maximum Gasteiger partial charge on any atom is 0.133 e. The van der Waals surface area contributed by atoms with Crippen LogP contribution in [0, 0.1) is 12.7 Å². The molecule has 0 saturated heterocycles. The van der Waals surface area contributed by atoms with Gasteiger partial charge in [-0.3, -0.25) is 4.98 Å². The molecule has 0 bridgehead atoms. The van der Waals surface area contributed by atoms with Gasteiger partial charge >= 0.3 is 0 Å². The lowest BCUT2D eigenvalue weighted by molar-refractivity contribution is 0.472. The number of nitrogens with zero attached hydrogens (tertiary/aromatic N) is 1. The fourth-order valence-corrected chi connectivity index (χ4v) is 1.53. The van der Waals surface area contributed by atoms with Crippen molar-refractivity contribution in [2.75, 3.05) is 0 Å². The minimum atomic E-state index is -0.348. The molecule has 2 N–H and O–H groups in total. The Bertz CT molecular complexity index is 601. The molecule has 5 heteroatoms. The highest BCUT2D eigenvalue weighted by Gasteiger charge is 2.05. The van der Waals surface area contributed by atoms with Crippen LogP contribution in [-0.2, 0) is 0 Å². The molecule has 1 aromatic heterocycles. The number of halogens is 1. The summed E-state index contributed by atoms with van der Waals surface area (Å²) in [5.41, 5.74) is 6.79. The Morgan fingerprint density at radius 2 is 2.11 bits per heavy atom. The summed E-state index contributed by atoms with van der Waals surface area (Å²) in [5, 5.41) is 0. The molecular formula is C13H11FN2OS. The Morgan fingerprint density at radius 1 is 1.33 bits per heavy atom. The number of hydrogen-bond donors (Lipinski definition) is 1. The van der Waals surface area contributed by atoms with Crippen molar-refractivity contribution in [3.05, 3.63) is 53.6 Å². The first-order chi connectivity index (χ1) is 8.56. The Morgan fingerprint density at radius 3 is 2.83 bits per heavy atom. The first kappa shape index (κ1) is 12.4. The fourth-order valence-electron chi connectivity index (χ4n) is 1.42. The summed E-state index contributed by atoms with van der Waals surface area (Å²) in [7, 11) is 0. The molecule has 3 nitrogen and oxygen atoms in total. The highest BCUT2D eigenvalue weighted by atomic mass is 32.1. The van der Waals surface area contributed by atoms with Crippen molar-refractivity contribution < 1.29 is 9.13 Å². The lowest BCUT2D eigenvalue weighted by Gasteiger charge is -2.09. The van der Waals surface area contributed by atoms with E-state index in [1.165, 1.54) is 12.1 Å². The Balaban J connectivity index is 2.31. The molecule has 0 spiro atoms. The second kappa shape index (κ2) is 5.10. The van der Waals surface area contributed by atoms with E-state index in [4.69, 9.17) is 22.7 Å². The van der Waals surface area contributed by atoms with Gasteiger partial charge in [0.15, 0.2) is 0 Å². The van der Waals surface area contributed by atoms with Gasteiger partial charge in [-0.05, 0) is 24.6 Å². The van der Waals surface area contributed by atoms with Gasteiger partial charge in [0.05, 0.1) is 0 Å². The predicted octanol–water partition coefficient (Wildman–Crippen LogP) is 2.96. The van der Waals surface area contributed by atoms with Crippen molar-refractivity contribution in [2.24, 2.45) is 5.73 Å². The van der Waals surface area contributed by atoms with Crippen molar-refractivity contribution in [1.29, 1.82) is 0 Å². The van der Waals surface area contributed by atoms with Crippen LogP contribution in [0.25, 0.3) is 0 Å². The minimum absolute atomic E-state index is 0.191. The van der Waals surface area contributed by atoms with Crippen LogP contribution in [0.4, 0.5) is 4.39 Å². The average Bonchev–Trinajstić information content (AvgIpc) is 2.34. The highest BCUT2D eigenvalue weighted by Crippen LogP contribution is 2.25. The Labute approximate surface area is 109 Å². The van der Waals surface area contributed by atoms with Crippen molar-refractivity contribution >= 4 is 17.2 Å². The molecule has 0 saturated carbocycles. The minimum Gasteiger partial charge on any atom is -0.457 e.